The van der Waals surface area contributed by atoms with Crippen molar-refractivity contribution in [2.24, 2.45) is 5.73 Å². The minimum atomic E-state index is -0.447. The number of aliphatic hydroxyl groups is 1. The van der Waals surface area contributed by atoms with Gasteiger partial charge in [0.15, 0.2) is 0 Å². The van der Waals surface area contributed by atoms with Gasteiger partial charge in [0.25, 0.3) is 0 Å². The molecule has 0 spiro atoms. The minimum Gasteiger partial charge on any atom is -0.495 e. The lowest BCUT2D eigenvalue weighted by Gasteiger charge is -2.26. The molecule has 0 aliphatic heterocycles. The van der Waals surface area contributed by atoms with Gasteiger partial charge in [-0.3, -0.25) is 0 Å². The standard InChI is InChI=1S/C11H16ClNO2/c1-11(6-13,7-14)8-3-4-9(12)10(5-8)15-2/h3-5,14H,6-7,13H2,1-2H3. The van der Waals surface area contributed by atoms with Crippen LogP contribution in [0, 0.1) is 0 Å². The maximum Gasteiger partial charge on any atom is 0.137 e. The van der Waals surface area contributed by atoms with Gasteiger partial charge in [-0.05, 0) is 17.7 Å². The van der Waals surface area contributed by atoms with Crippen molar-refractivity contribution < 1.29 is 9.84 Å². The number of benzene rings is 1. The largest absolute Gasteiger partial charge is 0.495 e. The van der Waals surface area contributed by atoms with E-state index in [1.165, 1.54) is 0 Å². The van der Waals surface area contributed by atoms with E-state index in [9.17, 15) is 5.11 Å². The molecule has 0 aliphatic rings. The lowest BCUT2D eigenvalue weighted by atomic mass is 9.83. The van der Waals surface area contributed by atoms with Crippen LogP contribution in [0.4, 0.5) is 0 Å². The molecule has 4 heteroatoms. The third-order valence-corrected chi connectivity index (χ3v) is 2.96. The van der Waals surface area contributed by atoms with Gasteiger partial charge in [-0.25, -0.2) is 0 Å². The maximum atomic E-state index is 9.32. The predicted molar refractivity (Wildman–Crippen MR) is 61.5 cm³/mol. The fourth-order valence-corrected chi connectivity index (χ4v) is 1.50. The molecule has 0 fully saturated rings. The Morgan fingerprint density at radius 2 is 2.20 bits per heavy atom. The van der Waals surface area contributed by atoms with Gasteiger partial charge in [-0.2, -0.15) is 0 Å². The van der Waals surface area contributed by atoms with Gasteiger partial charge in [0.2, 0.25) is 0 Å². The van der Waals surface area contributed by atoms with Crippen molar-refractivity contribution in [3.8, 4) is 5.75 Å². The monoisotopic (exact) mass is 229 g/mol. The molecule has 0 saturated heterocycles. The van der Waals surface area contributed by atoms with Crippen LogP contribution in [0.2, 0.25) is 5.02 Å². The highest BCUT2D eigenvalue weighted by atomic mass is 35.5. The zero-order valence-corrected chi connectivity index (χ0v) is 9.71. The SMILES string of the molecule is COc1cc(C(C)(CN)CO)ccc1Cl. The van der Waals surface area contributed by atoms with Gasteiger partial charge in [-0.1, -0.05) is 24.6 Å². The van der Waals surface area contributed by atoms with Crippen LogP contribution in [0.25, 0.3) is 0 Å². The maximum absolute atomic E-state index is 9.32. The number of methoxy groups -OCH3 is 1. The summed E-state index contributed by atoms with van der Waals surface area (Å²) < 4.78 is 5.12. The molecule has 0 radical (unpaired) electrons. The zero-order valence-electron chi connectivity index (χ0n) is 8.96. The van der Waals surface area contributed by atoms with Crippen molar-refractivity contribution >= 4 is 11.6 Å². The van der Waals surface area contributed by atoms with Crippen molar-refractivity contribution in [1.82, 2.24) is 0 Å². The average molecular weight is 230 g/mol. The normalized spacial score (nSPS) is 14.7. The summed E-state index contributed by atoms with van der Waals surface area (Å²) in [6, 6.07) is 5.42. The lowest BCUT2D eigenvalue weighted by Crippen LogP contribution is -2.35. The molecule has 0 saturated carbocycles. The van der Waals surface area contributed by atoms with E-state index >= 15 is 0 Å². The van der Waals surface area contributed by atoms with E-state index in [4.69, 9.17) is 22.1 Å². The van der Waals surface area contributed by atoms with Gasteiger partial charge >= 0.3 is 0 Å². The molecular formula is C11H16ClNO2. The first-order chi connectivity index (χ1) is 7.07. The molecule has 0 heterocycles. The van der Waals surface area contributed by atoms with Crippen LogP contribution in [0.3, 0.4) is 0 Å². The minimum absolute atomic E-state index is 0.00567. The Balaban J connectivity index is 3.15. The van der Waals surface area contributed by atoms with Gasteiger partial charge in [-0.15, -0.1) is 0 Å². The molecule has 84 valence electrons. The molecule has 0 aromatic heterocycles. The molecule has 1 aromatic carbocycles. The molecule has 1 atom stereocenters. The van der Waals surface area contributed by atoms with Crippen LogP contribution in [-0.4, -0.2) is 25.4 Å². The molecule has 3 N–H and O–H groups in total. The summed E-state index contributed by atoms with van der Waals surface area (Å²) in [7, 11) is 1.56. The summed E-state index contributed by atoms with van der Waals surface area (Å²) in [4.78, 5) is 0. The van der Waals surface area contributed by atoms with Gasteiger partial charge in [0.05, 0.1) is 18.7 Å². The Morgan fingerprint density at radius 1 is 1.53 bits per heavy atom. The van der Waals surface area contributed by atoms with Crippen LogP contribution in [-0.2, 0) is 5.41 Å². The van der Waals surface area contributed by atoms with E-state index in [2.05, 4.69) is 0 Å². The van der Waals surface area contributed by atoms with E-state index in [0.717, 1.165) is 5.56 Å². The van der Waals surface area contributed by atoms with Crippen LogP contribution in [0.1, 0.15) is 12.5 Å². The molecule has 1 rings (SSSR count). The van der Waals surface area contributed by atoms with Gasteiger partial charge in [0.1, 0.15) is 5.75 Å². The smallest absolute Gasteiger partial charge is 0.137 e. The Labute approximate surface area is 94.8 Å². The van der Waals surface area contributed by atoms with E-state index in [1.807, 2.05) is 19.1 Å². The highest BCUT2D eigenvalue weighted by Gasteiger charge is 2.24. The highest BCUT2D eigenvalue weighted by Crippen LogP contribution is 2.30. The second kappa shape index (κ2) is 4.84. The van der Waals surface area contributed by atoms with Crippen molar-refractivity contribution in [2.45, 2.75) is 12.3 Å². The molecule has 0 aliphatic carbocycles. The summed E-state index contributed by atoms with van der Waals surface area (Å²) in [5.41, 5.74) is 6.12. The summed E-state index contributed by atoms with van der Waals surface area (Å²) in [5, 5.41) is 9.87. The van der Waals surface area contributed by atoms with Crippen molar-refractivity contribution in [1.29, 1.82) is 0 Å². The van der Waals surface area contributed by atoms with Crippen LogP contribution >= 0.6 is 11.6 Å². The number of hydrogen-bond acceptors (Lipinski definition) is 3. The third kappa shape index (κ3) is 2.43. The predicted octanol–water partition coefficient (Wildman–Crippen LogP) is 1.56. The third-order valence-electron chi connectivity index (χ3n) is 2.65. The van der Waals surface area contributed by atoms with E-state index in [-0.39, 0.29) is 6.61 Å². The second-order valence-corrected chi connectivity index (χ2v) is 4.18. The van der Waals surface area contributed by atoms with Gasteiger partial charge in [0, 0.05) is 12.0 Å². The lowest BCUT2D eigenvalue weighted by molar-refractivity contribution is 0.210. The first-order valence-electron chi connectivity index (χ1n) is 4.72. The Hall–Kier alpha value is -0.770. The molecule has 15 heavy (non-hydrogen) atoms. The average Bonchev–Trinajstić information content (AvgIpc) is 2.28. The number of nitrogens with two attached hydrogens (primary N) is 1. The Kier molecular flexibility index (Phi) is 3.97. The van der Waals surface area contributed by atoms with E-state index < -0.39 is 5.41 Å². The molecular weight excluding hydrogens is 214 g/mol. The second-order valence-electron chi connectivity index (χ2n) is 3.77. The number of ether oxygens (including phenoxy) is 1. The quantitative estimate of drug-likeness (QED) is 0.824. The summed E-state index contributed by atoms with van der Waals surface area (Å²) >= 11 is 5.91. The van der Waals surface area contributed by atoms with Crippen LogP contribution in [0.15, 0.2) is 18.2 Å². The number of hydrogen-bond donors (Lipinski definition) is 2. The Bertz CT molecular complexity index is 337. The molecule has 3 nitrogen and oxygen atoms in total. The number of rotatable bonds is 4. The zero-order chi connectivity index (χ0) is 11.5. The molecule has 0 bridgehead atoms. The van der Waals surface area contributed by atoms with Crippen molar-refractivity contribution in [2.75, 3.05) is 20.3 Å². The van der Waals surface area contributed by atoms with E-state index in [1.54, 1.807) is 13.2 Å². The molecule has 1 aromatic rings. The number of aliphatic hydroxyl groups excluding tert-OH is 1. The Morgan fingerprint density at radius 3 is 2.67 bits per heavy atom. The topological polar surface area (TPSA) is 55.5 Å². The summed E-state index contributed by atoms with van der Waals surface area (Å²) in [5.74, 6) is 0.599. The van der Waals surface area contributed by atoms with E-state index in [0.29, 0.717) is 17.3 Å². The van der Waals surface area contributed by atoms with Crippen molar-refractivity contribution in [3.63, 3.8) is 0 Å². The van der Waals surface area contributed by atoms with Crippen LogP contribution < -0.4 is 10.5 Å². The van der Waals surface area contributed by atoms with Gasteiger partial charge < -0.3 is 15.6 Å². The fraction of sp³-hybridized carbons (Fsp3) is 0.455. The summed E-state index contributed by atoms with van der Waals surface area (Å²) in [6.45, 7) is 2.26. The van der Waals surface area contributed by atoms with Crippen molar-refractivity contribution in [3.05, 3.63) is 28.8 Å². The molecule has 0 amide bonds. The number of halogens is 1. The molecule has 1 unspecified atom stereocenters. The highest BCUT2D eigenvalue weighted by molar-refractivity contribution is 6.32. The van der Waals surface area contributed by atoms with Crippen LogP contribution in [0.5, 0.6) is 5.75 Å². The fourth-order valence-electron chi connectivity index (χ4n) is 1.31. The first-order valence-corrected chi connectivity index (χ1v) is 5.10. The summed E-state index contributed by atoms with van der Waals surface area (Å²) in [6.07, 6.45) is 0. The first kappa shape index (κ1) is 12.3.